The molecule has 1 unspecified atom stereocenters. The van der Waals surface area contributed by atoms with Crippen LogP contribution in [0.25, 0.3) is 0 Å². The number of carbonyl (C=O) groups is 1. The Morgan fingerprint density at radius 1 is 1.29 bits per heavy atom. The smallest absolute Gasteiger partial charge is 0.225 e. The lowest BCUT2D eigenvalue weighted by atomic mass is 10.1. The summed E-state index contributed by atoms with van der Waals surface area (Å²) >= 11 is 0. The molecular weight excluding hydrogens is 268 g/mol. The highest BCUT2D eigenvalue weighted by molar-refractivity contribution is 5.80. The molecule has 3 rings (SSSR count). The lowest BCUT2D eigenvalue weighted by Gasteiger charge is -2.24. The van der Waals surface area contributed by atoms with Crippen LogP contribution < -0.4 is 10.2 Å². The summed E-state index contributed by atoms with van der Waals surface area (Å²) < 4.78 is 5.32. The first-order chi connectivity index (χ1) is 10.2. The van der Waals surface area contributed by atoms with Gasteiger partial charge in [-0.05, 0) is 31.7 Å². The van der Waals surface area contributed by atoms with E-state index in [0.29, 0.717) is 6.54 Å². The lowest BCUT2D eigenvalue weighted by Crippen LogP contribution is -2.42. The Labute approximate surface area is 124 Å². The minimum absolute atomic E-state index is 0.0396. The second-order valence-corrected chi connectivity index (χ2v) is 5.89. The van der Waals surface area contributed by atoms with Crippen molar-refractivity contribution < 1.29 is 9.53 Å². The molecule has 0 aromatic carbocycles. The van der Waals surface area contributed by atoms with Crippen LogP contribution in [0.5, 0.6) is 0 Å². The van der Waals surface area contributed by atoms with Gasteiger partial charge in [-0.3, -0.25) is 4.79 Å². The number of hydrogen-bond donors (Lipinski definition) is 1. The molecule has 1 aromatic heterocycles. The number of anilines is 1. The molecule has 1 N–H and O–H groups in total. The number of ether oxygens (including phenoxy) is 1. The lowest BCUT2D eigenvalue weighted by molar-refractivity contribution is -0.125. The highest BCUT2D eigenvalue weighted by Crippen LogP contribution is 2.21. The molecule has 1 aromatic rings. The van der Waals surface area contributed by atoms with E-state index in [1.165, 1.54) is 0 Å². The molecule has 6 nitrogen and oxygen atoms in total. The molecule has 3 heterocycles. The third kappa shape index (κ3) is 3.50. The summed E-state index contributed by atoms with van der Waals surface area (Å²) in [6, 6.07) is 0.274. The van der Waals surface area contributed by atoms with Crippen molar-refractivity contribution in [3.63, 3.8) is 0 Å². The van der Waals surface area contributed by atoms with E-state index in [1.807, 2.05) is 19.3 Å². The molecule has 1 amide bonds. The van der Waals surface area contributed by atoms with Crippen molar-refractivity contribution in [1.82, 2.24) is 15.3 Å². The van der Waals surface area contributed by atoms with E-state index in [-0.39, 0.29) is 17.9 Å². The highest BCUT2D eigenvalue weighted by Gasteiger charge is 2.30. The number of rotatable bonds is 3. The summed E-state index contributed by atoms with van der Waals surface area (Å²) in [7, 11) is 0. The van der Waals surface area contributed by atoms with Gasteiger partial charge in [-0.1, -0.05) is 0 Å². The molecule has 0 radical (unpaired) electrons. The Morgan fingerprint density at radius 3 is 2.71 bits per heavy atom. The van der Waals surface area contributed by atoms with E-state index < -0.39 is 0 Å². The van der Waals surface area contributed by atoms with Gasteiger partial charge in [-0.2, -0.15) is 0 Å². The van der Waals surface area contributed by atoms with Crippen LogP contribution in [0.2, 0.25) is 0 Å². The van der Waals surface area contributed by atoms with Crippen LogP contribution >= 0.6 is 0 Å². The van der Waals surface area contributed by atoms with Crippen LogP contribution in [-0.2, 0) is 9.53 Å². The molecule has 0 bridgehead atoms. The van der Waals surface area contributed by atoms with Gasteiger partial charge in [0.2, 0.25) is 11.9 Å². The van der Waals surface area contributed by atoms with Gasteiger partial charge in [0.25, 0.3) is 0 Å². The second kappa shape index (κ2) is 6.39. The van der Waals surface area contributed by atoms with Crippen LogP contribution in [0.15, 0.2) is 12.4 Å². The summed E-state index contributed by atoms with van der Waals surface area (Å²) in [4.78, 5) is 23.1. The normalized spacial score (nSPS) is 23.3. The molecule has 1 atom stereocenters. The third-order valence-electron chi connectivity index (χ3n) is 4.18. The Hall–Kier alpha value is -1.69. The first kappa shape index (κ1) is 14.3. The Kier molecular flexibility index (Phi) is 4.34. The summed E-state index contributed by atoms with van der Waals surface area (Å²) in [5.41, 5.74) is 1.05. The SMILES string of the molecule is Cc1cnc(N2CCC(C(=O)NC3CCOCC3)C2)nc1. The molecule has 21 heavy (non-hydrogen) atoms. The van der Waals surface area contributed by atoms with Crippen molar-refractivity contribution in [2.75, 3.05) is 31.2 Å². The number of nitrogens with one attached hydrogen (secondary N) is 1. The monoisotopic (exact) mass is 290 g/mol. The number of aryl methyl sites for hydroxylation is 1. The zero-order valence-corrected chi connectivity index (χ0v) is 12.4. The van der Waals surface area contributed by atoms with Gasteiger partial charge in [0.1, 0.15) is 0 Å². The zero-order valence-electron chi connectivity index (χ0n) is 12.4. The maximum absolute atomic E-state index is 12.3. The standard InChI is InChI=1S/C15H22N4O2/c1-11-8-16-15(17-9-11)19-5-2-12(10-19)14(20)18-13-3-6-21-7-4-13/h8-9,12-13H,2-7,10H2,1H3,(H,18,20). The van der Waals surface area contributed by atoms with Gasteiger partial charge in [0.15, 0.2) is 0 Å². The molecule has 6 heteroatoms. The van der Waals surface area contributed by atoms with E-state index in [4.69, 9.17) is 4.74 Å². The summed E-state index contributed by atoms with van der Waals surface area (Å²) in [5, 5.41) is 3.16. The van der Waals surface area contributed by atoms with Crippen LogP contribution in [0.4, 0.5) is 5.95 Å². The predicted octanol–water partition coefficient (Wildman–Crippen LogP) is 0.907. The van der Waals surface area contributed by atoms with Gasteiger partial charge in [-0.15, -0.1) is 0 Å². The average molecular weight is 290 g/mol. The molecule has 114 valence electrons. The van der Waals surface area contributed by atoms with E-state index in [0.717, 1.165) is 50.5 Å². The van der Waals surface area contributed by atoms with E-state index >= 15 is 0 Å². The zero-order chi connectivity index (χ0) is 14.7. The van der Waals surface area contributed by atoms with Crippen LogP contribution in [0.1, 0.15) is 24.8 Å². The largest absolute Gasteiger partial charge is 0.381 e. The van der Waals surface area contributed by atoms with Crippen LogP contribution in [0, 0.1) is 12.8 Å². The van der Waals surface area contributed by atoms with Gasteiger partial charge >= 0.3 is 0 Å². The van der Waals surface area contributed by atoms with Crippen LogP contribution in [0.3, 0.4) is 0 Å². The highest BCUT2D eigenvalue weighted by atomic mass is 16.5. The quantitative estimate of drug-likeness (QED) is 0.896. The average Bonchev–Trinajstić information content (AvgIpc) is 2.99. The fraction of sp³-hybridized carbons (Fsp3) is 0.667. The molecule has 2 aliphatic heterocycles. The summed E-state index contributed by atoms with van der Waals surface area (Å²) in [6.07, 6.45) is 6.34. The molecule has 0 saturated carbocycles. The predicted molar refractivity (Wildman–Crippen MR) is 79.1 cm³/mol. The van der Waals surface area contributed by atoms with Gasteiger partial charge in [0.05, 0.1) is 5.92 Å². The summed E-state index contributed by atoms with van der Waals surface area (Å²) in [6.45, 7) is 5.02. The fourth-order valence-electron chi connectivity index (χ4n) is 2.87. The fourth-order valence-corrected chi connectivity index (χ4v) is 2.87. The summed E-state index contributed by atoms with van der Waals surface area (Å²) in [5.74, 6) is 0.927. The van der Waals surface area contributed by atoms with Crippen molar-refractivity contribution in [2.45, 2.75) is 32.2 Å². The maximum Gasteiger partial charge on any atom is 0.225 e. The Balaban J connectivity index is 1.53. The van der Waals surface area contributed by atoms with Crippen molar-refractivity contribution in [1.29, 1.82) is 0 Å². The van der Waals surface area contributed by atoms with Crippen molar-refractivity contribution >= 4 is 11.9 Å². The first-order valence-corrected chi connectivity index (χ1v) is 7.64. The van der Waals surface area contributed by atoms with E-state index in [1.54, 1.807) is 0 Å². The third-order valence-corrected chi connectivity index (χ3v) is 4.18. The van der Waals surface area contributed by atoms with Gasteiger partial charge in [-0.25, -0.2) is 9.97 Å². The molecule has 0 aliphatic carbocycles. The molecule has 2 saturated heterocycles. The first-order valence-electron chi connectivity index (χ1n) is 7.64. The minimum Gasteiger partial charge on any atom is -0.381 e. The number of amides is 1. The van der Waals surface area contributed by atoms with Crippen molar-refractivity contribution in [3.8, 4) is 0 Å². The maximum atomic E-state index is 12.3. The molecule has 2 aliphatic rings. The van der Waals surface area contributed by atoms with E-state index in [2.05, 4.69) is 20.2 Å². The second-order valence-electron chi connectivity index (χ2n) is 5.89. The molecular formula is C15H22N4O2. The molecule has 2 fully saturated rings. The number of aromatic nitrogens is 2. The Morgan fingerprint density at radius 2 is 2.00 bits per heavy atom. The minimum atomic E-state index is 0.0396. The number of hydrogen-bond acceptors (Lipinski definition) is 5. The number of nitrogens with zero attached hydrogens (tertiary/aromatic N) is 3. The van der Waals surface area contributed by atoms with Crippen LogP contribution in [-0.4, -0.2) is 48.2 Å². The van der Waals surface area contributed by atoms with Gasteiger partial charge in [0, 0.05) is 44.7 Å². The van der Waals surface area contributed by atoms with Gasteiger partial charge < -0.3 is 15.0 Å². The Bertz CT molecular complexity index is 485. The van der Waals surface area contributed by atoms with E-state index in [9.17, 15) is 4.79 Å². The topological polar surface area (TPSA) is 67.4 Å². The van der Waals surface area contributed by atoms with Crippen molar-refractivity contribution in [3.05, 3.63) is 18.0 Å². The van der Waals surface area contributed by atoms with Crippen molar-refractivity contribution in [2.24, 2.45) is 5.92 Å². The molecule has 0 spiro atoms. The number of carbonyl (C=O) groups excluding carboxylic acids is 1.